The molecule has 0 aromatic carbocycles. The molecule has 0 N–H and O–H groups in total. The Morgan fingerprint density at radius 3 is 2.82 bits per heavy atom. The lowest BCUT2D eigenvalue weighted by atomic mass is 9.99. The van der Waals surface area contributed by atoms with E-state index in [2.05, 4.69) is 31.7 Å². The third kappa shape index (κ3) is 3.25. The van der Waals surface area contributed by atoms with Gasteiger partial charge in [0.2, 0.25) is 0 Å². The van der Waals surface area contributed by atoms with Gasteiger partial charge in [0.05, 0.1) is 0 Å². The van der Waals surface area contributed by atoms with Crippen molar-refractivity contribution < 1.29 is 0 Å². The third-order valence-corrected chi connectivity index (χ3v) is 1.87. The molecule has 0 heteroatoms. The zero-order valence-electron chi connectivity index (χ0n) is 7.48. The highest BCUT2D eigenvalue weighted by molar-refractivity contribution is 5.20. The van der Waals surface area contributed by atoms with Crippen molar-refractivity contribution in [3.05, 3.63) is 29.0 Å². The van der Waals surface area contributed by atoms with Gasteiger partial charge in [-0.25, -0.2) is 0 Å². The lowest BCUT2D eigenvalue weighted by molar-refractivity contribution is 0.712. The van der Waals surface area contributed by atoms with Crippen molar-refractivity contribution in [2.24, 2.45) is 0 Å². The second kappa shape index (κ2) is 4.20. The maximum absolute atomic E-state index is 3.24. The Balaban J connectivity index is 2.61. The summed E-state index contributed by atoms with van der Waals surface area (Å²) >= 11 is 0. The summed E-state index contributed by atoms with van der Waals surface area (Å²) < 4.78 is 0. The molecule has 0 aromatic rings. The van der Waals surface area contributed by atoms with E-state index in [4.69, 9.17) is 0 Å². The Labute approximate surface area is 69.3 Å². The predicted octanol–water partition coefficient (Wildman–Crippen LogP) is 3.61. The van der Waals surface area contributed by atoms with Gasteiger partial charge in [0.1, 0.15) is 0 Å². The minimum absolute atomic E-state index is 1.25. The Morgan fingerprint density at radius 1 is 1.45 bits per heavy atom. The first-order valence-electron chi connectivity index (χ1n) is 4.38. The largest absolute Gasteiger partial charge is 0.122 e. The summed E-state index contributed by atoms with van der Waals surface area (Å²) in [5.74, 6) is 0. The van der Waals surface area contributed by atoms with Crippen LogP contribution in [0.5, 0.6) is 0 Å². The zero-order chi connectivity index (χ0) is 8.10. The zero-order valence-corrected chi connectivity index (χ0v) is 7.48. The van der Waals surface area contributed by atoms with E-state index in [9.17, 15) is 0 Å². The van der Waals surface area contributed by atoms with Gasteiger partial charge < -0.3 is 0 Å². The summed E-state index contributed by atoms with van der Waals surface area (Å²) in [6.07, 6.45) is 9.70. The van der Waals surface area contributed by atoms with Crippen molar-refractivity contribution in [2.75, 3.05) is 0 Å². The van der Waals surface area contributed by atoms with Crippen molar-refractivity contribution in [3.63, 3.8) is 0 Å². The molecule has 0 amide bonds. The van der Waals surface area contributed by atoms with E-state index in [0.29, 0.717) is 0 Å². The van der Waals surface area contributed by atoms with Crippen LogP contribution in [0.2, 0.25) is 0 Å². The summed E-state index contributed by atoms with van der Waals surface area (Å²) in [5.41, 5.74) is 5.97. The molecular weight excluding hydrogens is 132 g/mol. The molecule has 0 aromatic heterocycles. The van der Waals surface area contributed by atoms with Crippen molar-refractivity contribution in [3.8, 4) is 0 Å². The van der Waals surface area contributed by atoms with Gasteiger partial charge >= 0.3 is 0 Å². The van der Waals surface area contributed by atoms with Gasteiger partial charge in [-0.15, -0.1) is 5.73 Å². The maximum Gasteiger partial charge on any atom is -0.0172 e. The van der Waals surface area contributed by atoms with Crippen molar-refractivity contribution in [2.45, 2.75) is 39.5 Å². The van der Waals surface area contributed by atoms with Crippen LogP contribution in [0, 0.1) is 0 Å². The fourth-order valence-corrected chi connectivity index (χ4v) is 1.23. The standard InChI is InChI=1S/C11H16/c1-10(2)8-9-11-6-4-3-5-7-11/h6,9H,3-5,7H2,1-2H3. The average molecular weight is 148 g/mol. The van der Waals surface area contributed by atoms with Crippen LogP contribution in [0.3, 0.4) is 0 Å². The molecule has 60 valence electrons. The molecule has 0 saturated heterocycles. The first-order chi connectivity index (χ1) is 5.29. The Kier molecular flexibility index (Phi) is 3.19. The lowest BCUT2D eigenvalue weighted by Gasteiger charge is -2.06. The van der Waals surface area contributed by atoms with Gasteiger partial charge in [-0.1, -0.05) is 6.08 Å². The van der Waals surface area contributed by atoms with E-state index in [1.165, 1.54) is 36.8 Å². The Hall–Kier alpha value is -0.740. The molecule has 1 aliphatic carbocycles. The maximum atomic E-state index is 3.24. The average Bonchev–Trinajstić information content (AvgIpc) is 2.03. The fourth-order valence-electron chi connectivity index (χ4n) is 1.23. The molecule has 0 radical (unpaired) electrons. The molecule has 0 fully saturated rings. The van der Waals surface area contributed by atoms with Crippen LogP contribution in [0.25, 0.3) is 0 Å². The smallest absolute Gasteiger partial charge is 0.0172 e. The van der Waals surface area contributed by atoms with E-state index >= 15 is 0 Å². The van der Waals surface area contributed by atoms with Crippen LogP contribution in [0.15, 0.2) is 29.0 Å². The molecule has 0 bridgehead atoms. The monoisotopic (exact) mass is 148 g/mol. The highest BCUT2D eigenvalue weighted by Crippen LogP contribution is 2.17. The van der Waals surface area contributed by atoms with Gasteiger partial charge in [-0.2, -0.15) is 0 Å². The van der Waals surface area contributed by atoms with Crippen LogP contribution >= 0.6 is 0 Å². The van der Waals surface area contributed by atoms with E-state index < -0.39 is 0 Å². The van der Waals surface area contributed by atoms with E-state index in [-0.39, 0.29) is 0 Å². The normalized spacial score (nSPS) is 16.7. The van der Waals surface area contributed by atoms with Gasteiger partial charge in [-0.05, 0) is 56.8 Å². The van der Waals surface area contributed by atoms with Gasteiger partial charge in [0.15, 0.2) is 0 Å². The number of hydrogen-bond acceptors (Lipinski definition) is 0. The molecule has 0 spiro atoms. The topological polar surface area (TPSA) is 0 Å². The van der Waals surface area contributed by atoms with Crippen LogP contribution in [-0.2, 0) is 0 Å². The number of hydrogen-bond donors (Lipinski definition) is 0. The van der Waals surface area contributed by atoms with Crippen LogP contribution in [0.4, 0.5) is 0 Å². The molecule has 0 aliphatic heterocycles. The first kappa shape index (κ1) is 8.36. The molecule has 0 unspecified atom stereocenters. The molecule has 1 rings (SSSR count). The lowest BCUT2D eigenvalue weighted by Crippen LogP contribution is -1.87. The molecule has 11 heavy (non-hydrogen) atoms. The molecule has 0 nitrogen and oxygen atoms in total. The predicted molar refractivity (Wildman–Crippen MR) is 49.5 cm³/mol. The van der Waals surface area contributed by atoms with Crippen LogP contribution in [-0.4, -0.2) is 0 Å². The summed E-state index contributed by atoms with van der Waals surface area (Å²) in [4.78, 5) is 0. The SMILES string of the molecule is CC(C)=C=CC1=CCCCC1. The highest BCUT2D eigenvalue weighted by atomic mass is 14.0. The van der Waals surface area contributed by atoms with Gasteiger partial charge in [0.25, 0.3) is 0 Å². The second-order valence-corrected chi connectivity index (χ2v) is 3.31. The molecule has 0 saturated carbocycles. The third-order valence-electron chi connectivity index (χ3n) is 1.87. The summed E-state index contributed by atoms with van der Waals surface area (Å²) in [7, 11) is 0. The fraction of sp³-hybridized carbons (Fsp3) is 0.545. The summed E-state index contributed by atoms with van der Waals surface area (Å²) in [6, 6.07) is 0. The van der Waals surface area contributed by atoms with E-state index in [1.54, 1.807) is 0 Å². The van der Waals surface area contributed by atoms with Crippen molar-refractivity contribution in [1.82, 2.24) is 0 Å². The quantitative estimate of drug-likeness (QED) is 0.498. The van der Waals surface area contributed by atoms with E-state index in [0.717, 1.165) is 0 Å². The van der Waals surface area contributed by atoms with Gasteiger partial charge in [-0.3, -0.25) is 0 Å². The number of rotatable bonds is 1. The highest BCUT2D eigenvalue weighted by Gasteiger charge is 1.98. The van der Waals surface area contributed by atoms with Crippen molar-refractivity contribution >= 4 is 0 Å². The Bertz CT molecular complexity index is 208. The second-order valence-electron chi connectivity index (χ2n) is 3.31. The molecule has 0 atom stereocenters. The van der Waals surface area contributed by atoms with Gasteiger partial charge in [0, 0.05) is 0 Å². The van der Waals surface area contributed by atoms with Crippen molar-refractivity contribution in [1.29, 1.82) is 0 Å². The van der Waals surface area contributed by atoms with Crippen LogP contribution < -0.4 is 0 Å². The molecular formula is C11H16. The minimum Gasteiger partial charge on any atom is -0.122 e. The molecule has 0 heterocycles. The first-order valence-corrected chi connectivity index (χ1v) is 4.38. The van der Waals surface area contributed by atoms with Crippen LogP contribution in [0.1, 0.15) is 39.5 Å². The van der Waals surface area contributed by atoms with E-state index in [1.807, 2.05) is 0 Å². The number of allylic oxidation sites excluding steroid dienone is 3. The summed E-state index contributed by atoms with van der Waals surface area (Å²) in [6.45, 7) is 4.17. The Morgan fingerprint density at radius 2 is 2.27 bits per heavy atom. The molecule has 1 aliphatic rings. The summed E-state index contributed by atoms with van der Waals surface area (Å²) in [5, 5.41) is 0. The minimum atomic E-state index is 1.25.